The van der Waals surface area contributed by atoms with E-state index in [9.17, 15) is 14.7 Å². The van der Waals surface area contributed by atoms with Gasteiger partial charge in [0.25, 0.3) is 5.91 Å². The largest absolute Gasteiger partial charge is 0.509 e. The number of carbonyl (C=O) groups is 2. The van der Waals surface area contributed by atoms with Crippen LogP contribution in [0.3, 0.4) is 0 Å². The van der Waals surface area contributed by atoms with Crippen LogP contribution in [0, 0.1) is 6.92 Å². The van der Waals surface area contributed by atoms with Crippen molar-refractivity contribution in [2.24, 2.45) is 0 Å². The fourth-order valence-corrected chi connectivity index (χ4v) is 4.04. The number of fused-ring (bicyclic) bond motifs is 1. The third-order valence-corrected chi connectivity index (χ3v) is 5.57. The minimum Gasteiger partial charge on any atom is -0.509 e. The molecule has 0 saturated heterocycles. The SMILES string of the molecule is CC(=O)C1=C(O)C(Cc2cccc3ccccc23)N(CCn2ccnc2C)C1=O. The Morgan fingerprint density at radius 2 is 1.90 bits per heavy atom. The molecule has 1 unspecified atom stereocenters. The number of carbonyl (C=O) groups excluding carboxylic acids is 2. The molecule has 2 aromatic carbocycles. The van der Waals surface area contributed by atoms with Crippen LogP contribution in [-0.2, 0) is 22.6 Å². The Kier molecular flexibility index (Phi) is 4.92. The molecule has 0 saturated carbocycles. The lowest BCUT2D eigenvalue weighted by Gasteiger charge is -2.26. The van der Waals surface area contributed by atoms with Crippen LogP contribution in [0.25, 0.3) is 10.8 Å². The van der Waals surface area contributed by atoms with Crippen molar-refractivity contribution in [2.45, 2.75) is 32.9 Å². The number of aromatic nitrogens is 2. The maximum Gasteiger partial charge on any atom is 0.261 e. The highest BCUT2D eigenvalue weighted by molar-refractivity contribution is 6.20. The monoisotopic (exact) mass is 389 g/mol. The van der Waals surface area contributed by atoms with E-state index in [0.717, 1.165) is 22.2 Å². The molecule has 0 radical (unpaired) electrons. The number of imidazole rings is 1. The Morgan fingerprint density at radius 1 is 1.14 bits per heavy atom. The number of aryl methyl sites for hydroxylation is 1. The van der Waals surface area contributed by atoms with Gasteiger partial charge in [-0.15, -0.1) is 0 Å². The number of rotatable bonds is 6. The van der Waals surface area contributed by atoms with Crippen LogP contribution < -0.4 is 0 Å². The van der Waals surface area contributed by atoms with Crippen LogP contribution in [0.1, 0.15) is 18.3 Å². The zero-order valence-corrected chi connectivity index (χ0v) is 16.5. The quantitative estimate of drug-likeness (QED) is 0.657. The molecule has 0 spiro atoms. The molecule has 1 N–H and O–H groups in total. The van der Waals surface area contributed by atoms with E-state index in [1.165, 1.54) is 6.92 Å². The zero-order valence-electron chi connectivity index (χ0n) is 16.5. The summed E-state index contributed by atoms with van der Waals surface area (Å²) >= 11 is 0. The van der Waals surface area contributed by atoms with Gasteiger partial charge in [0.2, 0.25) is 0 Å². The lowest BCUT2D eigenvalue weighted by Crippen LogP contribution is -2.39. The summed E-state index contributed by atoms with van der Waals surface area (Å²) in [7, 11) is 0. The van der Waals surface area contributed by atoms with Gasteiger partial charge in [0.15, 0.2) is 5.78 Å². The van der Waals surface area contributed by atoms with Crippen molar-refractivity contribution >= 4 is 22.5 Å². The molecule has 6 nitrogen and oxygen atoms in total. The molecule has 29 heavy (non-hydrogen) atoms. The number of Topliss-reactive ketones (excluding diaryl/α,β-unsaturated/α-hetero) is 1. The minimum absolute atomic E-state index is 0.0995. The molecule has 0 aliphatic carbocycles. The highest BCUT2D eigenvalue weighted by Gasteiger charge is 2.41. The predicted molar refractivity (Wildman–Crippen MR) is 110 cm³/mol. The van der Waals surface area contributed by atoms with E-state index >= 15 is 0 Å². The first-order valence-electron chi connectivity index (χ1n) is 9.66. The molecule has 0 fully saturated rings. The van der Waals surface area contributed by atoms with Crippen molar-refractivity contribution in [3.63, 3.8) is 0 Å². The van der Waals surface area contributed by atoms with E-state index in [1.54, 1.807) is 11.1 Å². The van der Waals surface area contributed by atoms with Crippen LogP contribution in [0.2, 0.25) is 0 Å². The average Bonchev–Trinajstić information content (AvgIpc) is 3.21. The first-order chi connectivity index (χ1) is 14.0. The van der Waals surface area contributed by atoms with Crippen LogP contribution in [0.15, 0.2) is 66.2 Å². The van der Waals surface area contributed by atoms with Crippen LogP contribution in [0.5, 0.6) is 0 Å². The Hall–Kier alpha value is -3.41. The number of aliphatic hydroxyl groups is 1. The zero-order chi connectivity index (χ0) is 20.5. The molecule has 1 amide bonds. The summed E-state index contributed by atoms with van der Waals surface area (Å²) in [6, 6.07) is 13.5. The van der Waals surface area contributed by atoms with Gasteiger partial charge in [0.1, 0.15) is 17.2 Å². The number of ketones is 1. The van der Waals surface area contributed by atoms with Gasteiger partial charge in [-0.3, -0.25) is 9.59 Å². The topological polar surface area (TPSA) is 75.4 Å². The van der Waals surface area contributed by atoms with E-state index in [-0.39, 0.29) is 11.3 Å². The van der Waals surface area contributed by atoms with Gasteiger partial charge < -0.3 is 14.6 Å². The minimum atomic E-state index is -0.559. The number of benzene rings is 2. The van der Waals surface area contributed by atoms with E-state index in [2.05, 4.69) is 4.98 Å². The number of hydrogen-bond acceptors (Lipinski definition) is 4. The van der Waals surface area contributed by atoms with E-state index in [0.29, 0.717) is 19.5 Å². The summed E-state index contributed by atoms with van der Waals surface area (Å²) in [5.74, 6) is -0.0845. The smallest absolute Gasteiger partial charge is 0.261 e. The van der Waals surface area contributed by atoms with Crippen molar-refractivity contribution in [1.29, 1.82) is 0 Å². The number of hydrogen-bond donors (Lipinski definition) is 1. The molecule has 0 bridgehead atoms. The summed E-state index contributed by atoms with van der Waals surface area (Å²) < 4.78 is 1.95. The second-order valence-electron chi connectivity index (χ2n) is 7.34. The van der Waals surface area contributed by atoms with Crippen LogP contribution in [-0.4, -0.2) is 43.8 Å². The summed E-state index contributed by atoms with van der Waals surface area (Å²) in [4.78, 5) is 30.8. The highest BCUT2D eigenvalue weighted by Crippen LogP contribution is 2.30. The molecule has 3 aromatic rings. The number of aliphatic hydroxyl groups excluding tert-OH is 1. The lowest BCUT2D eigenvalue weighted by atomic mass is 9.97. The summed E-state index contributed by atoms with van der Waals surface area (Å²) in [6.07, 6.45) is 4.01. The van der Waals surface area contributed by atoms with Crippen molar-refractivity contribution < 1.29 is 14.7 Å². The molecule has 6 heteroatoms. The number of nitrogens with zero attached hydrogens (tertiary/aromatic N) is 3. The third-order valence-electron chi connectivity index (χ3n) is 5.57. The van der Waals surface area contributed by atoms with Crippen molar-refractivity contribution in [1.82, 2.24) is 14.5 Å². The molecule has 1 atom stereocenters. The van der Waals surface area contributed by atoms with Gasteiger partial charge in [-0.2, -0.15) is 0 Å². The average molecular weight is 389 g/mol. The molecule has 4 rings (SSSR count). The molecular weight excluding hydrogens is 366 g/mol. The van der Waals surface area contributed by atoms with Crippen molar-refractivity contribution in [2.75, 3.05) is 6.54 Å². The first kappa shape index (κ1) is 18.9. The lowest BCUT2D eigenvalue weighted by molar-refractivity contribution is -0.129. The Bertz CT molecular complexity index is 1120. The predicted octanol–water partition coefficient (Wildman–Crippen LogP) is 3.20. The third kappa shape index (κ3) is 3.42. The van der Waals surface area contributed by atoms with Gasteiger partial charge in [0, 0.05) is 31.9 Å². The van der Waals surface area contributed by atoms with Gasteiger partial charge >= 0.3 is 0 Å². The first-order valence-corrected chi connectivity index (χ1v) is 9.66. The van der Waals surface area contributed by atoms with E-state index < -0.39 is 17.7 Å². The molecule has 1 aliphatic rings. The molecule has 1 aromatic heterocycles. The molecular formula is C23H23N3O3. The molecule has 148 valence electrons. The Labute approximate surface area is 169 Å². The maximum atomic E-state index is 12.9. The van der Waals surface area contributed by atoms with Crippen LogP contribution >= 0.6 is 0 Å². The standard InChI is InChI=1S/C23H23N3O3/c1-15(27)21-22(28)20(14-18-8-5-7-17-6-3-4-9-19(17)18)26(23(21)29)13-12-25-11-10-24-16(25)2/h3-11,20,28H,12-14H2,1-2H3. The highest BCUT2D eigenvalue weighted by atomic mass is 16.3. The Balaban J connectivity index is 1.67. The second-order valence-corrected chi connectivity index (χ2v) is 7.34. The van der Waals surface area contributed by atoms with E-state index in [1.807, 2.05) is 60.2 Å². The van der Waals surface area contributed by atoms with Gasteiger partial charge in [-0.1, -0.05) is 42.5 Å². The number of amides is 1. The van der Waals surface area contributed by atoms with Gasteiger partial charge in [-0.05, 0) is 30.2 Å². The summed E-state index contributed by atoms with van der Waals surface area (Å²) in [6.45, 7) is 4.15. The molecule has 2 heterocycles. The fraction of sp³-hybridized carbons (Fsp3) is 0.261. The fourth-order valence-electron chi connectivity index (χ4n) is 4.04. The van der Waals surface area contributed by atoms with Crippen molar-refractivity contribution in [3.05, 3.63) is 77.6 Å². The maximum absolute atomic E-state index is 12.9. The van der Waals surface area contributed by atoms with Gasteiger partial charge in [-0.25, -0.2) is 4.98 Å². The van der Waals surface area contributed by atoms with Crippen LogP contribution in [0.4, 0.5) is 0 Å². The second kappa shape index (κ2) is 7.54. The normalized spacial score (nSPS) is 16.8. The van der Waals surface area contributed by atoms with Crippen molar-refractivity contribution in [3.8, 4) is 0 Å². The van der Waals surface area contributed by atoms with E-state index in [4.69, 9.17) is 0 Å². The summed E-state index contributed by atoms with van der Waals surface area (Å²) in [5, 5.41) is 13.0. The van der Waals surface area contributed by atoms with Gasteiger partial charge in [0.05, 0.1) is 6.04 Å². The molecule has 1 aliphatic heterocycles. The summed E-state index contributed by atoms with van der Waals surface area (Å²) in [5.41, 5.74) is 0.929. The Morgan fingerprint density at radius 3 is 2.62 bits per heavy atom.